The second-order valence-corrected chi connectivity index (χ2v) is 1.51. The van der Waals surface area contributed by atoms with Gasteiger partial charge >= 0.3 is 47.7 Å². The van der Waals surface area contributed by atoms with Crippen LogP contribution in [0.4, 0.5) is 0 Å². The summed E-state index contributed by atoms with van der Waals surface area (Å²) in [7, 11) is 9.87. The van der Waals surface area contributed by atoms with Crippen molar-refractivity contribution >= 4 is 26.6 Å². The number of aliphatic hydroxyl groups is 1. The third kappa shape index (κ3) is 0.399. The van der Waals surface area contributed by atoms with Crippen LogP contribution in [0, 0.1) is 0 Å². The van der Waals surface area contributed by atoms with Gasteiger partial charge in [-0.25, -0.2) is 0 Å². The number of ketones is 1. The number of rotatable bonds is 0. The average Bonchev–Trinajstić information content (AvgIpc) is 1.83. The zero-order valence-electron chi connectivity index (χ0n) is 4.01. The van der Waals surface area contributed by atoms with E-state index in [2.05, 4.69) is 0 Å². The van der Waals surface area contributed by atoms with Gasteiger partial charge in [-0.1, -0.05) is 0 Å². The number of allylic oxidation sites excluding steroid dienone is 2. The quantitative estimate of drug-likeness (QED) is 0.392. The van der Waals surface area contributed by atoms with E-state index in [1.54, 1.807) is 0 Å². The number of carbonyl (C=O) groups excluding carboxylic acids is 1. The summed E-state index contributed by atoms with van der Waals surface area (Å²) in [5.74, 6) is -0.725. The van der Waals surface area contributed by atoms with Gasteiger partial charge in [0.05, 0.1) is 0 Å². The third-order valence-electron chi connectivity index (χ3n) is 0.999. The maximum atomic E-state index is 10.3. The number of hydrogen-bond acceptors (Lipinski definition) is 2. The fraction of sp³-hybridized carbons (Fsp3) is 0. The van der Waals surface area contributed by atoms with E-state index in [9.17, 15) is 4.79 Å². The molecule has 3 radical (unpaired) electrons. The molecule has 0 aromatic heterocycles. The molecule has 0 aromatic rings. The fourth-order valence-corrected chi connectivity index (χ4v) is 0.443. The molecule has 0 fully saturated rings. The van der Waals surface area contributed by atoms with Crippen molar-refractivity contribution in [3.05, 3.63) is 11.2 Å². The topological polar surface area (TPSA) is 37.3 Å². The predicted molar refractivity (Wildman–Crippen MR) is 31.2 cm³/mol. The number of carbonyl (C=O) groups is 1. The first-order valence-electron chi connectivity index (χ1n) is 2.01. The van der Waals surface area contributed by atoms with E-state index in [-0.39, 0.29) is 16.7 Å². The molecule has 0 aromatic carbocycles. The molecular formula is C4HB2O2. The molecule has 8 heavy (non-hydrogen) atoms. The normalized spacial score (nSPS) is 18.9. The Labute approximate surface area is 48.7 Å². The standard InChI is InChI=1S/C4HB2O2/c5-1-3(7)2(6)4(1)8/h7H. The van der Waals surface area contributed by atoms with Crippen LogP contribution in [0.3, 0.4) is 0 Å². The van der Waals surface area contributed by atoms with Gasteiger partial charge in [-0.3, -0.25) is 0 Å². The number of Topliss-reactive ketones (excluding diaryl/α,β-unsaturated/α-hetero) is 1. The van der Waals surface area contributed by atoms with E-state index in [1.165, 1.54) is 0 Å². The molecule has 0 atom stereocenters. The molecule has 0 bridgehead atoms. The molecule has 0 unspecified atom stereocenters. The molecule has 0 heterocycles. The van der Waals surface area contributed by atoms with E-state index in [4.69, 9.17) is 20.4 Å². The van der Waals surface area contributed by atoms with E-state index in [1.807, 2.05) is 0 Å². The molecule has 35 valence electrons. The first-order chi connectivity index (χ1) is 3.64. The number of aliphatic hydroxyl groups excluding tert-OH is 1. The van der Waals surface area contributed by atoms with Crippen LogP contribution in [0.15, 0.2) is 11.2 Å². The third-order valence-corrected chi connectivity index (χ3v) is 0.999. The van der Waals surface area contributed by atoms with E-state index < -0.39 is 5.78 Å². The molecule has 1 N–H and O–H groups in total. The van der Waals surface area contributed by atoms with Crippen LogP contribution >= 0.6 is 0 Å². The summed E-state index contributed by atoms with van der Waals surface area (Å²) < 4.78 is 0. The van der Waals surface area contributed by atoms with Gasteiger partial charge in [-0.15, -0.1) is 0 Å². The molecule has 1 rings (SSSR count). The average molecular weight is 103 g/mol. The minimum atomic E-state index is -0.456. The van der Waals surface area contributed by atoms with Crippen LogP contribution < -0.4 is 0 Å². The zero-order valence-corrected chi connectivity index (χ0v) is 4.01. The summed E-state index contributed by atoms with van der Waals surface area (Å²) in [5.41, 5.74) is -0.273. The summed E-state index contributed by atoms with van der Waals surface area (Å²) in [6.45, 7) is 0. The van der Waals surface area contributed by atoms with E-state index in [0.29, 0.717) is 0 Å². The summed E-state index contributed by atoms with van der Waals surface area (Å²) in [4.78, 5) is 10.3. The van der Waals surface area contributed by atoms with Gasteiger partial charge in [-0.2, -0.15) is 0 Å². The van der Waals surface area contributed by atoms with Crippen molar-refractivity contribution < 1.29 is 9.90 Å². The first-order valence-corrected chi connectivity index (χ1v) is 2.01. The van der Waals surface area contributed by atoms with Gasteiger partial charge in [-0.05, 0) is 0 Å². The van der Waals surface area contributed by atoms with Crippen molar-refractivity contribution in [3.63, 3.8) is 0 Å². The molecule has 1 aliphatic rings. The summed E-state index contributed by atoms with van der Waals surface area (Å²) in [5, 5.41) is 8.53. The van der Waals surface area contributed by atoms with Crippen LogP contribution in [0.1, 0.15) is 0 Å². The molecule has 4 heteroatoms. The second-order valence-electron chi connectivity index (χ2n) is 1.51. The summed E-state index contributed by atoms with van der Waals surface area (Å²) >= 11 is 0. The van der Waals surface area contributed by atoms with Crippen LogP contribution in [0.5, 0.6) is 0 Å². The van der Waals surface area contributed by atoms with Crippen molar-refractivity contribution in [2.45, 2.75) is 0 Å². The van der Waals surface area contributed by atoms with Crippen molar-refractivity contribution in [2.75, 3.05) is 0 Å². The van der Waals surface area contributed by atoms with Crippen molar-refractivity contribution in [1.82, 2.24) is 0 Å². The van der Waals surface area contributed by atoms with Gasteiger partial charge in [0.2, 0.25) is 0 Å². The van der Waals surface area contributed by atoms with Gasteiger partial charge < -0.3 is 0 Å². The Hall–Kier alpha value is -0.790. The second kappa shape index (κ2) is 1.34. The fourth-order valence-electron chi connectivity index (χ4n) is 0.443. The van der Waals surface area contributed by atoms with Crippen molar-refractivity contribution in [3.8, 4) is 0 Å². The van der Waals surface area contributed by atoms with Crippen LogP contribution in [-0.2, 0) is 4.79 Å². The first kappa shape index (κ1) is 5.35. The molecule has 0 amide bonds. The van der Waals surface area contributed by atoms with Crippen LogP contribution in [0.2, 0.25) is 0 Å². The van der Waals surface area contributed by atoms with Gasteiger partial charge in [0.15, 0.2) is 0 Å². The maximum absolute atomic E-state index is 10.3. The zero-order chi connectivity index (χ0) is 6.31. The van der Waals surface area contributed by atoms with Crippen molar-refractivity contribution in [2.24, 2.45) is 0 Å². The molecule has 0 spiro atoms. The van der Waals surface area contributed by atoms with E-state index in [0.717, 1.165) is 0 Å². The molecular weight excluding hydrogens is 102 g/mol. The van der Waals surface area contributed by atoms with Gasteiger partial charge in [0.25, 0.3) is 0 Å². The van der Waals surface area contributed by atoms with Gasteiger partial charge in [0, 0.05) is 0 Å². The Bertz CT molecular complexity index is 182. The SMILES string of the molecule is [B]C1=C(O)C(=[B])C1=O. The molecule has 2 nitrogen and oxygen atoms in total. The van der Waals surface area contributed by atoms with Gasteiger partial charge in [0.1, 0.15) is 0 Å². The Kier molecular flexibility index (Phi) is 0.897. The molecule has 0 aliphatic heterocycles. The molecule has 0 saturated carbocycles. The van der Waals surface area contributed by atoms with Crippen LogP contribution in [0.25, 0.3) is 0 Å². The Morgan fingerprint density at radius 3 is 2.12 bits per heavy atom. The minimum absolute atomic E-state index is 0.137. The monoisotopic (exact) mass is 103 g/mol. The summed E-state index contributed by atoms with van der Waals surface area (Å²) in [6, 6.07) is 0. The summed E-state index contributed by atoms with van der Waals surface area (Å²) in [6.07, 6.45) is 0. The molecule has 1 aliphatic carbocycles. The Balaban J connectivity index is 3.08. The Morgan fingerprint density at radius 2 is 2.00 bits per heavy atom. The predicted octanol–water partition coefficient (Wildman–Crippen LogP) is -1.15. The van der Waals surface area contributed by atoms with Crippen molar-refractivity contribution in [1.29, 1.82) is 0 Å². The Morgan fingerprint density at radius 1 is 1.50 bits per heavy atom. The number of hydrogen-bond donors (Lipinski definition) is 1. The van der Waals surface area contributed by atoms with E-state index >= 15 is 0 Å². The van der Waals surface area contributed by atoms with Crippen LogP contribution in [-0.4, -0.2) is 31.7 Å². The molecule has 0 saturated heterocycles.